The molecule has 1 aromatic carbocycles. The third-order valence-corrected chi connectivity index (χ3v) is 6.28. The second kappa shape index (κ2) is 11.1. The number of hydrogen-bond acceptors (Lipinski definition) is 4. The molecule has 6 nitrogen and oxygen atoms in total. The number of fused-ring (bicyclic) bond motifs is 1. The molecule has 2 aliphatic rings. The number of aryl methyl sites for hydroxylation is 1. The number of hydrogen-bond donors (Lipinski definition) is 2. The standard InChI is InChI=1S/C25H35N5O/c1-26-25(29-21-13-17-30(18-14-21)24-12-4-5-15-27-24)28-16-7-19-31-23-11-6-9-20-8-2-3-10-22(20)23/h2-5,8,10,12,15,21,23H,6-7,9,11,13-14,16-19H2,1H3,(H2,26,28,29). The van der Waals surface area contributed by atoms with E-state index in [1.807, 2.05) is 19.3 Å². The van der Waals surface area contributed by atoms with E-state index in [-0.39, 0.29) is 6.10 Å². The van der Waals surface area contributed by atoms with Crippen molar-refractivity contribution in [2.75, 3.05) is 38.2 Å². The first kappa shape index (κ1) is 21.6. The fraction of sp³-hybridized carbons (Fsp3) is 0.520. The van der Waals surface area contributed by atoms with Gasteiger partial charge in [-0.15, -0.1) is 0 Å². The van der Waals surface area contributed by atoms with Crippen LogP contribution in [0.2, 0.25) is 0 Å². The van der Waals surface area contributed by atoms with Crippen molar-refractivity contribution in [2.45, 2.75) is 50.7 Å². The first-order valence-electron chi connectivity index (χ1n) is 11.7. The summed E-state index contributed by atoms with van der Waals surface area (Å²) in [6, 6.07) is 15.3. The monoisotopic (exact) mass is 421 g/mol. The topological polar surface area (TPSA) is 61.8 Å². The molecular formula is C25H35N5O. The maximum Gasteiger partial charge on any atom is 0.191 e. The molecule has 2 aromatic rings. The molecule has 0 spiro atoms. The molecule has 1 saturated heterocycles. The lowest BCUT2D eigenvalue weighted by atomic mass is 9.89. The summed E-state index contributed by atoms with van der Waals surface area (Å²) in [5.41, 5.74) is 2.84. The van der Waals surface area contributed by atoms with Crippen LogP contribution >= 0.6 is 0 Å². The molecule has 0 saturated carbocycles. The Bertz CT molecular complexity index is 833. The molecule has 1 atom stereocenters. The van der Waals surface area contributed by atoms with Gasteiger partial charge >= 0.3 is 0 Å². The molecule has 1 aliphatic heterocycles. The van der Waals surface area contributed by atoms with Crippen molar-refractivity contribution in [3.05, 3.63) is 59.8 Å². The molecule has 1 aliphatic carbocycles. The van der Waals surface area contributed by atoms with E-state index >= 15 is 0 Å². The number of aromatic nitrogens is 1. The zero-order valence-corrected chi connectivity index (χ0v) is 18.6. The average Bonchev–Trinajstić information content (AvgIpc) is 2.84. The smallest absolute Gasteiger partial charge is 0.191 e. The Balaban J connectivity index is 1.13. The second-order valence-electron chi connectivity index (χ2n) is 8.40. The summed E-state index contributed by atoms with van der Waals surface area (Å²) in [4.78, 5) is 11.2. The maximum absolute atomic E-state index is 6.22. The number of piperidine rings is 1. The molecule has 0 amide bonds. The van der Waals surface area contributed by atoms with E-state index in [4.69, 9.17) is 4.74 Å². The SMILES string of the molecule is CN=C(NCCCOC1CCCc2ccccc21)NC1CCN(c2ccccn2)CC1. The van der Waals surface area contributed by atoms with Crippen LogP contribution in [0, 0.1) is 0 Å². The summed E-state index contributed by atoms with van der Waals surface area (Å²) in [6.07, 6.45) is 8.79. The van der Waals surface area contributed by atoms with Crippen molar-refractivity contribution >= 4 is 11.8 Å². The van der Waals surface area contributed by atoms with E-state index in [2.05, 4.69) is 61.9 Å². The van der Waals surface area contributed by atoms with Gasteiger partial charge in [0.05, 0.1) is 6.10 Å². The van der Waals surface area contributed by atoms with Gasteiger partial charge in [-0.25, -0.2) is 4.98 Å². The van der Waals surface area contributed by atoms with E-state index in [1.165, 1.54) is 24.0 Å². The average molecular weight is 422 g/mol. The minimum atomic E-state index is 0.256. The number of pyridine rings is 1. The van der Waals surface area contributed by atoms with Gasteiger partial charge < -0.3 is 20.3 Å². The van der Waals surface area contributed by atoms with Gasteiger partial charge in [0.15, 0.2) is 5.96 Å². The largest absolute Gasteiger partial charge is 0.373 e. The summed E-state index contributed by atoms with van der Waals surface area (Å²) in [5, 5.41) is 7.03. The van der Waals surface area contributed by atoms with Crippen molar-refractivity contribution in [3.63, 3.8) is 0 Å². The predicted octanol–water partition coefficient (Wildman–Crippen LogP) is 3.70. The fourth-order valence-corrected chi connectivity index (χ4v) is 4.57. The lowest BCUT2D eigenvalue weighted by Gasteiger charge is -2.33. The van der Waals surface area contributed by atoms with Crippen LogP contribution < -0.4 is 15.5 Å². The van der Waals surface area contributed by atoms with Crippen molar-refractivity contribution in [1.29, 1.82) is 0 Å². The van der Waals surface area contributed by atoms with Crippen LogP contribution in [-0.4, -0.2) is 50.3 Å². The van der Waals surface area contributed by atoms with Crippen molar-refractivity contribution in [2.24, 2.45) is 4.99 Å². The predicted molar refractivity (Wildman–Crippen MR) is 127 cm³/mol. The highest BCUT2D eigenvalue weighted by Gasteiger charge is 2.21. The van der Waals surface area contributed by atoms with Crippen LogP contribution in [0.3, 0.4) is 0 Å². The third-order valence-electron chi connectivity index (χ3n) is 6.28. The van der Waals surface area contributed by atoms with Gasteiger partial charge in [0.2, 0.25) is 0 Å². The Hall–Kier alpha value is -2.60. The van der Waals surface area contributed by atoms with Crippen molar-refractivity contribution in [1.82, 2.24) is 15.6 Å². The highest BCUT2D eigenvalue weighted by Crippen LogP contribution is 2.32. The molecule has 1 aromatic heterocycles. The molecule has 31 heavy (non-hydrogen) atoms. The molecule has 6 heteroatoms. The van der Waals surface area contributed by atoms with E-state index in [0.717, 1.165) is 63.7 Å². The molecule has 1 fully saturated rings. The summed E-state index contributed by atoms with van der Waals surface area (Å²) in [5.74, 6) is 1.96. The number of anilines is 1. The lowest BCUT2D eigenvalue weighted by Crippen LogP contribution is -2.49. The summed E-state index contributed by atoms with van der Waals surface area (Å²) >= 11 is 0. The van der Waals surface area contributed by atoms with E-state index in [1.54, 1.807) is 0 Å². The maximum atomic E-state index is 6.22. The second-order valence-corrected chi connectivity index (χ2v) is 8.40. The fourth-order valence-electron chi connectivity index (χ4n) is 4.57. The van der Waals surface area contributed by atoms with Gasteiger partial charge in [0, 0.05) is 45.5 Å². The Morgan fingerprint density at radius 3 is 2.77 bits per heavy atom. The molecule has 0 radical (unpaired) electrons. The molecular weight excluding hydrogens is 386 g/mol. The van der Waals surface area contributed by atoms with Crippen LogP contribution in [0.5, 0.6) is 0 Å². The minimum absolute atomic E-state index is 0.256. The molecule has 2 heterocycles. The Morgan fingerprint density at radius 2 is 1.97 bits per heavy atom. The number of rotatable bonds is 7. The van der Waals surface area contributed by atoms with E-state index < -0.39 is 0 Å². The van der Waals surface area contributed by atoms with Crippen molar-refractivity contribution < 1.29 is 4.74 Å². The third kappa shape index (κ3) is 5.97. The first-order valence-corrected chi connectivity index (χ1v) is 11.7. The number of guanidine groups is 1. The summed E-state index contributed by atoms with van der Waals surface area (Å²) in [6.45, 7) is 3.66. The van der Waals surface area contributed by atoms with Gasteiger partial charge in [-0.2, -0.15) is 0 Å². The normalized spacial score (nSPS) is 19.7. The molecule has 166 valence electrons. The molecule has 1 unspecified atom stereocenters. The Labute approximate surface area is 186 Å². The number of aliphatic imine (C=N–C) groups is 1. The van der Waals surface area contributed by atoms with E-state index in [0.29, 0.717) is 6.04 Å². The quantitative estimate of drug-likeness (QED) is 0.406. The van der Waals surface area contributed by atoms with Crippen molar-refractivity contribution in [3.8, 4) is 0 Å². The zero-order valence-electron chi connectivity index (χ0n) is 18.6. The lowest BCUT2D eigenvalue weighted by molar-refractivity contribution is 0.0398. The number of nitrogens with zero attached hydrogens (tertiary/aromatic N) is 3. The van der Waals surface area contributed by atoms with E-state index in [9.17, 15) is 0 Å². The Morgan fingerprint density at radius 1 is 1.13 bits per heavy atom. The number of ether oxygens (including phenoxy) is 1. The van der Waals surface area contributed by atoms with Gasteiger partial charge in [0.25, 0.3) is 0 Å². The molecule has 2 N–H and O–H groups in total. The van der Waals surface area contributed by atoms with Gasteiger partial charge in [-0.05, 0) is 61.8 Å². The van der Waals surface area contributed by atoms with Crippen LogP contribution in [0.25, 0.3) is 0 Å². The van der Waals surface area contributed by atoms with Gasteiger partial charge in [0.1, 0.15) is 5.82 Å². The number of nitrogens with one attached hydrogen (secondary N) is 2. The van der Waals surface area contributed by atoms with Crippen LogP contribution in [0.1, 0.15) is 49.3 Å². The number of benzene rings is 1. The van der Waals surface area contributed by atoms with Gasteiger partial charge in [-0.3, -0.25) is 4.99 Å². The minimum Gasteiger partial charge on any atom is -0.373 e. The molecule has 0 bridgehead atoms. The zero-order chi connectivity index (χ0) is 21.3. The van der Waals surface area contributed by atoms with Crippen LogP contribution in [0.4, 0.5) is 5.82 Å². The van der Waals surface area contributed by atoms with Crippen LogP contribution in [0.15, 0.2) is 53.7 Å². The van der Waals surface area contributed by atoms with Gasteiger partial charge in [-0.1, -0.05) is 30.3 Å². The van der Waals surface area contributed by atoms with Crippen LogP contribution in [-0.2, 0) is 11.2 Å². The Kier molecular flexibility index (Phi) is 7.77. The highest BCUT2D eigenvalue weighted by molar-refractivity contribution is 5.79. The highest BCUT2D eigenvalue weighted by atomic mass is 16.5. The first-order chi connectivity index (χ1) is 15.3. The molecule has 4 rings (SSSR count). The summed E-state index contributed by atoms with van der Waals surface area (Å²) in [7, 11) is 1.84. The summed E-state index contributed by atoms with van der Waals surface area (Å²) < 4.78 is 6.22.